The minimum Gasteiger partial charge on any atom is -0.479 e. The molecule has 3 heterocycles. The molecule has 1 fully saturated rings. The second-order valence-corrected chi connectivity index (χ2v) is 8.28. The molecule has 1 aliphatic rings. The Morgan fingerprint density at radius 3 is 2.72 bits per heavy atom. The first-order valence-electron chi connectivity index (χ1n) is 10.3. The van der Waals surface area contributed by atoms with Crippen LogP contribution < -0.4 is 5.73 Å². The number of carbonyl (C=O) groups is 2. The van der Waals surface area contributed by atoms with Gasteiger partial charge in [-0.1, -0.05) is 12.1 Å². The molecule has 13 nitrogen and oxygen atoms in total. The molecule has 0 radical (unpaired) electrons. The van der Waals surface area contributed by atoms with E-state index >= 15 is 4.39 Å². The Kier molecular flexibility index (Phi) is 6.74. The summed E-state index contributed by atoms with van der Waals surface area (Å²) in [7, 11) is 0. The van der Waals surface area contributed by atoms with Crippen LogP contribution in [0.1, 0.15) is 17.4 Å². The maximum absolute atomic E-state index is 15.0. The van der Waals surface area contributed by atoms with Gasteiger partial charge in [-0.25, -0.2) is 19.0 Å². The number of rotatable bonds is 8. The molecule has 0 amide bonds. The lowest BCUT2D eigenvalue weighted by Crippen LogP contribution is -2.52. The fraction of sp³-hybridized carbons (Fsp3) is 0.333. The van der Waals surface area contributed by atoms with Gasteiger partial charge >= 0.3 is 11.9 Å². The maximum Gasteiger partial charge on any atom is 0.348 e. The number of hydrogen-bond donors (Lipinski definition) is 4. The number of aromatic nitrogens is 4. The number of ether oxygens (including phenoxy) is 2. The zero-order valence-electron chi connectivity index (χ0n) is 18.2. The van der Waals surface area contributed by atoms with Crippen LogP contribution in [0.25, 0.3) is 11.2 Å². The van der Waals surface area contributed by atoms with Crippen molar-refractivity contribution in [3.63, 3.8) is 0 Å². The Hall–Kier alpha value is -3.90. The van der Waals surface area contributed by atoms with Gasteiger partial charge in [-0.2, -0.15) is 15.2 Å². The predicted molar refractivity (Wildman–Crippen MR) is 118 cm³/mol. The third-order valence-corrected chi connectivity index (χ3v) is 5.85. The molecule has 1 saturated heterocycles. The van der Waals surface area contributed by atoms with Crippen molar-refractivity contribution in [2.75, 3.05) is 12.3 Å². The fourth-order valence-electron chi connectivity index (χ4n) is 3.84. The van der Waals surface area contributed by atoms with Gasteiger partial charge in [-0.05, 0) is 29.3 Å². The van der Waals surface area contributed by atoms with Gasteiger partial charge < -0.3 is 30.5 Å². The van der Waals surface area contributed by atoms with Crippen molar-refractivity contribution in [3.05, 3.63) is 47.0 Å². The smallest absolute Gasteiger partial charge is 0.348 e. The molecule has 0 saturated carbocycles. The molecule has 188 valence electrons. The lowest BCUT2D eigenvalue weighted by Gasteiger charge is -2.27. The average molecular weight is 521 g/mol. The number of nitrogens with zero attached hydrogens (tertiary/aromatic N) is 5. The van der Waals surface area contributed by atoms with Gasteiger partial charge in [-0.3, -0.25) is 4.57 Å². The van der Waals surface area contributed by atoms with E-state index in [1.807, 2.05) is 6.07 Å². The van der Waals surface area contributed by atoms with Crippen molar-refractivity contribution in [2.24, 2.45) is 0 Å². The minimum absolute atomic E-state index is 0.0247. The van der Waals surface area contributed by atoms with Crippen LogP contribution >= 0.6 is 11.6 Å². The predicted octanol–water partition coefficient (Wildman–Crippen LogP) is 0.697. The van der Waals surface area contributed by atoms with Gasteiger partial charge in [0.25, 0.3) is 5.60 Å². The van der Waals surface area contributed by atoms with Crippen molar-refractivity contribution in [2.45, 2.75) is 36.6 Å². The van der Waals surface area contributed by atoms with Crippen LogP contribution in [0.5, 0.6) is 0 Å². The summed E-state index contributed by atoms with van der Waals surface area (Å²) >= 11 is 5.82. The number of hydrogen-bond acceptors (Lipinski definition) is 10. The molecule has 0 spiro atoms. The number of nitrogen functional groups attached to an aromatic ring is 1. The highest BCUT2D eigenvalue weighted by Crippen LogP contribution is 2.35. The molecule has 0 aliphatic carbocycles. The molecule has 2 aromatic heterocycles. The zero-order valence-corrected chi connectivity index (χ0v) is 18.9. The first kappa shape index (κ1) is 25.2. The summed E-state index contributed by atoms with van der Waals surface area (Å²) in [5, 5.41) is 38.7. The Balaban J connectivity index is 1.58. The van der Waals surface area contributed by atoms with Gasteiger partial charge in [-0.15, -0.1) is 0 Å². The molecule has 3 aromatic rings. The van der Waals surface area contributed by atoms with Crippen LogP contribution in [0.3, 0.4) is 0 Å². The van der Waals surface area contributed by atoms with E-state index in [0.717, 1.165) is 10.9 Å². The number of carboxylic acids is 2. The summed E-state index contributed by atoms with van der Waals surface area (Å²) in [6.07, 6.45) is -6.31. The number of aliphatic hydroxyl groups excluding tert-OH is 1. The number of carboxylic acid groups (broad SMARTS) is 2. The Labute approximate surface area is 206 Å². The number of anilines is 1. The van der Waals surface area contributed by atoms with E-state index in [4.69, 9.17) is 32.1 Å². The quantitative estimate of drug-likeness (QED) is 0.239. The van der Waals surface area contributed by atoms with Crippen molar-refractivity contribution in [3.8, 4) is 6.07 Å². The minimum atomic E-state index is -2.81. The molecular formula is C21H18ClFN6O7. The molecule has 0 bridgehead atoms. The van der Waals surface area contributed by atoms with Gasteiger partial charge in [0.05, 0.1) is 24.6 Å². The molecule has 4 atom stereocenters. The number of benzene rings is 1. The number of imidazole rings is 1. The lowest BCUT2D eigenvalue weighted by molar-refractivity contribution is -0.190. The monoisotopic (exact) mass is 520 g/mol. The molecule has 36 heavy (non-hydrogen) atoms. The average Bonchev–Trinajstić information content (AvgIpc) is 3.37. The van der Waals surface area contributed by atoms with Crippen LogP contribution in [-0.4, -0.2) is 77.4 Å². The van der Waals surface area contributed by atoms with Crippen molar-refractivity contribution in [1.29, 1.82) is 5.26 Å². The normalized spacial score (nSPS) is 21.9. The van der Waals surface area contributed by atoms with E-state index in [1.54, 1.807) is 0 Å². The number of alkyl halides is 1. The van der Waals surface area contributed by atoms with Gasteiger partial charge in [0.15, 0.2) is 23.9 Å². The van der Waals surface area contributed by atoms with E-state index in [9.17, 15) is 24.9 Å². The van der Waals surface area contributed by atoms with E-state index < -0.39 is 55.2 Å². The molecule has 1 aromatic carbocycles. The van der Waals surface area contributed by atoms with Crippen molar-refractivity contribution >= 4 is 40.5 Å². The number of nitrogens with two attached hydrogens (primary N) is 1. The van der Waals surface area contributed by atoms with E-state index in [1.165, 1.54) is 24.3 Å². The third kappa shape index (κ3) is 4.40. The summed E-state index contributed by atoms with van der Waals surface area (Å²) in [5.74, 6) is -3.73. The number of halogens is 2. The highest BCUT2D eigenvalue weighted by atomic mass is 35.5. The summed E-state index contributed by atoms with van der Waals surface area (Å²) in [6.45, 7) is -0.793. The topological polar surface area (TPSA) is 207 Å². The Morgan fingerprint density at radius 2 is 2.06 bits per heavy atom. The zero-order chi connectivity index (χ0) is 26.2. The van der Waals surface area contributed by atoms with Crippen molar-refractivity contribution in [1.82, 2.24) is 19.5 Å². The molecular weight excluding hydrogens is 503 g/mol. The maximum atomic E-state index is 15.0. The number of aliphatic hydroxyl groups is 1. The van der Waals surface area contributed by atoms with Crippen LogP contribution in [0, 0.1) is 11.3 Å². The number of aliphatic carboxylic acids is 2. The van der Waals surface area contributed by atoms with Gasteiger partial charge in [0.2, 0.25) is 5.28 Å². The first-order valence-corrected chi connectivity index (χ1v) is 10.7. The molecule has 15 heteroatoms. The Morgan fingerprint density at radius 1 is 1.33 bits per heavy atom. The second kappa shape index (κ2) is 9.63. The van der Waals surface area contributed by atoms with E-state index in [2.05, 4.69) is 15.0 Å². The molecule has 0 unspecified atom stereocenters. The molecule has 1 aliphatic heterocycles. The van der Waals surface area contributed by atoms with E-state index in [0.29, 0.717) is 0 Å². The lowest BCUT2D eigenvalue weighted by atomic mass is 9.93. The van der Waals surface area contributed by atoms with E-state index in [-0.39, 0.29) is 33.4 Å². The summed E-state index contributed by atoms with van der Waals surface area (Å²) < 4.78 is 27.0. The van der Waals surface area contributed by atoms with Gasteiger partial charge in [0.1, 0.15) is 17.7 Å². The summed E-state index contributed by atoms with van der Waals surface area (Å²) in [6, 6.07) is 7.55. The van der Waals surface area contributed by atoms with Crippen LogP contribution in [0.2, 0.25) is 5.28 Å². The molecule has 4 rings (SSSR count). The number of fused-ring (bicyclic) bond motifs is 1. The highest BCUT2D eigenvalue weighted by molar-refractivity contribution is 6.28. The highest BCUT2D eigenvalue weighted by Gasteiger charge is 2.52. The first-order chi connectivity index (χ1) is 17.1. The fourth-order valence-corrected chi connectivity index (χ4v) is 4.01. The number of nitriles is 1. The second-order valence-electron chi connectivity index (χ2n) is 7.94. The third-order valence-electron chi connectivity index (χ3n) is 5.68. The molecule has 5 N–H and O–H groups in total. The van der Waals surface area contributed by atoms with Crippen LogP contribution in [-0.2, 0) is 25.5 Å². The standard InChI is InChI=1S/C21H18ClFN6O7/c22-20-27-15(25)13-16(28-20)29(8-26-13)17-12(23)14(30)11(36-17)7-35-21(18(31)32,19(33)34)5-9-2-1-3-10(4-9)6-24/h1-4,8,11-12,14,17,30H,5,7H2,(H,31,32)(H,33,34)(H2,25,27,28)/t11-,12+,14-,17-/m1/s1. The Bertz CT molecular complexity index is 1360. The van der Waals surface area contributed by atoms with Gasteiger partial charge in [0, 0.05) is 6.42 Å². The van der Waals surface area contributed by atoms with Crippen LogP contribution in [0.4, 0.5) is 10.2 Å². The van der Waals surface area contributed by atoms with Crippen molar-refractivity contribution < 1.29 is 38.8 Å². The summed E-state index contributed by atoms with van der Waals surface area (Å²) in [5.41, 5.74) is 3.46. The summed E-state index contributed by atoms with van der Waals surface area (Å²) in [4.78, 5) is 35.8. The SMILES string of the molecule is N#Cc1cccc(CC(OC[C@H]2O[C@@H](n3cnc4c(N)nc(Cl)nc43)[C@@H](F)[C@@H]2O)(C(=O)O)C(=O)O)c1. The largest absolute Gasteiger partial charge is 0.479 e. The van der Waals surface area contributed by atoms with Crippen LogP contribution in [0.15, 0.2) is 30.6 Å².